The largest absolute Gasteiger partial charge is 0.457 e. The molecule has 3 aromatic carbocycles. The number of benzene rings is 3. The molecular formula is C36H45N3O2. The third-order valence-corrected chi connectivity index (χ3v) is 8.62. The number of aryl methyl sites for hydroxylation is 2. The van der Waals surface area contributed by atoms with Gasteiger partial charge in [-0.1, -0.05) is 61.9 Å². The molecule has 0 saturated carbocycles. The van der Waals surface area contributed by atoms with E-state index in [9.17, 15) is 4.79 Å². The number of hydrogen-bond acceptors (Lipinski definition) is 3. The van der Waals surface area contributed by atoms with Crippen LogP contribution >= 0.6 is 0 Å². The number of hydrogen-bond donors (Lipinski definition) is 1. The van der Waals surface area contributed by atoms with Gasteiger partial charge in [-0.15, -0.1) is 0 Å². The fraction of sp³-hybridized carbons (Fsp3) is 0.417. The SMILES string of the molecule is CCc1cccc2c([C@@H](CC(=O)NCCCN3CCCC[C@@H]3C)c3cccc(Oc4ccccc4)c3)cn(CC)c12. The summed E-state index contributed by atoms with van der Waals surface area (Å²) in [6.45, 7) is 10.6. The number of amides is 1. The molecule has 0 radical (unpaired) electrons. The molecule has 5 nitrogen and oxygen atoms in total. The maximum Gasteiger partial charge on any atom is 0.220 e. The molecule has 2 heterocycles. The van der Waals surface area contributed by atoms with E-state index in [1.807, 2.05) is 42.5 Å². The van der Waals surface area contributed by atoms with Crippen LogP contribution in [0.15, 0.2) is 79.0 Å². The molecule has 0 spiro atoms. The number of fused-ring (bicyclic) bond motifs is 1. The fourth-order valence-electron chi connectivity index (χ4n) is 6.36. The van der Waals surface area contributed by atoms with Crippen LogP contribution in [0.1, 0.15) is 75.5 Å². The lowest BCUT2D eigenvalue weighted by molar-refractivity contribution is -0.121. The standard InChI is InChI=1S/C36H45N3O2/c1-4-28-15-12-20-32-34(26-38(5-2)36(28)32)33(25-35(40)37-21-13-23-39-22-10-9-14-27(39)3)29-16-11-19-31(24-29)41-30-17-7-6-8-18-30/h6-8,11-12,15-20,24,26-27,33H,4-5,9-10,13-14,21-23,25H2,1-3H3,(H,37,40)/t27-,33-/m0/s1. The van der Waals surface area contributed by atoms with Gasteiger partial charge in [-0.3, -0.25) is 4.79 Å². The van der Waals surface area contributed by atoms with Crippen LogP contribution < -0.4 is 10.1 Å². The lowest BCUT2D eigenvalue weighted by Crippen LogP contribution is -2.39. The highest BCUT2D eigenvalue weighted by molar-refractivity contribution is 5.89. The van der Waals surface area contributed by atoms with Crippen LogP contribution in [0.2, 0.25) is 0 Å². The lowest BCUT2D eigenvalue weighted by atomic mass is 9.87. The normalized spacial score (nSPS) is 16.5. The van der Waals surface area contributed by atoms with Crippen LogP contribution in [0.4, 0.5) is 0 Å². The number of nitrogens with zero attached hydrogens (tertiary/aromatic N) is 2. The Bertz CT molecular complexity index is 1430. The van der Waals surface area contributed by atoms with E-state index in [0.717, 1.165) is 43.0 Å². The van der Waals surface area contributed by atoms with Gasteiger partial charge >= 0.3 is 0 Å². The maximum atomic E-state index is 13.5. The molecule has 1 aliphatic heterocycles. The predicted octanol–water partition coefficient (Wildman–Crippen LogP) is 7.92. The number of aromatic nitrogens is 1. The third-order valence-electron chi connectivity index (χ3n) is 8.62. The number of carbonyl (C=O) groups excluding carboxylic acids is 1. The Labute approximate surface area is 245 Å². The number of nitrogens with one attached hydrogen (secondary N) is 1. The first kappa shape index (κ1) is 28.9. The molecule has 1 amide bonds. The van der Waals surface area contributed by atoms with Gasteiger partial charge in [0.2, 0.25) is 5.91 Å². The highest BCUT2D eigenvalue weighted by Crippen LogP contribution is 2.37. The van der Waals surface area contributed by atoms with Gasteiger partial charge in [0, 0.05) is 49.6 Å². The van der Waals surface area contributed by atoms with Crippen molar-refractivity contribution in [2.75, 3.05) is 19.6 Å². The van der Waals surface area contributed by atoms with Crippen LogP contribution in [-0.4, -0.2) is 41.1 Å². The summed E-state index contributed by atoms with van der Waals surface area (Å²) in [6.07, 6.45) is 8.53. The zero-order valence-corrected chi connectivity index (χ0v) is 24.9. The molecule has 1 aromatic heterocycles. The summed E-state index contributed by atoms with van der Waals surface area (Å²) in [7, 11) is 0. The molecule has 0 bridgehead atoms. The Morgan fingerprint density at radius 1 is 1.00 bits per heavy atom. The van der Waals surface area contributed by atoms with Crippen molar-refractivity contribution in [2.45, 2.75) is 77.8 Å². The molecule has 5 heteroatoms. The summed E-state index contributed by atoms with van der Waals surface area (Å²) in [6, 6.07) is 25.3. The Kier molecular flexibility index (Phi) is 9.79. The Morgan fingerprint density at radius 2 is 1.80 bits per heavy atom. The monoisotopic (exact) mass is 551 g/mol. The number of ether oxygens (including phenoxy) is 1. The topological polar surface area (TPSA) is 46.5 Å². The molecule has 2 atom stereocenters. The average molecular weight is 552 g/mol. The quantitative estimate of drug-likeness (QED) is 0.182. The van der Waals surface area contributed by atoms with Crippen molar-refractivity contribution < 1.29 is 9.53 Å². The average Bonchev–Trinajstić information content (AvgIpc) is 3.38. The molecule has 0 unspecified atom stereocenters. The molecule has 216 valence electrons. The number of rotatable bonds is 12. The summed E-state index contributed by atoms with van der Waals surface area (Å²) in [5.74, 6) is 1.60. The maximum absolute atomic E-state index is 13.5. The molecule has 41 heavy (non-hydrogen) atoms. The molecular weight excluding hydrogens is 506 g/mol. The van der Waals surface area contributed by atoms with Gasteiger partial charge in [-0.05, 0) is 87.0 Å². The first-order valence-electron chi connectivity index (χ1n) is 15.5. The Morgan fingerprint density at radius 3 is 2.59 bits per heavy atom. The van der Waals surface area contributed by atoms with E-state index in [1.165, 1.54) is 47.8 Å². The van der Waals surface area contributed by atoms with Crippen LogP contribution in [0.5, 0.6) is 11.5 Å². The summed E-state index contributed by atoms with van der Waals surface area (Å²) in [4.78, 5) is 16.0. The minimum absolute atomic E-state index is 0.0844. The first-order valence-corrected chi connectivity index (χ1v) is 15.5. The van der Waals surface area contributed by atoms with Crippen molar-refractivity contribution in [3.8, 4) is 11.5 Å². The molecule has 1 N–H and O–H groups in total. The van der Waals surface area contributed by atoms with Crippen molar-refractivity contribution in [2.24, 2.45) is 0 Å². The smallest absolute Gasteiger partial charge is 0.220 e. The number of likely N-dealkylation sites (tertiary alicyclic amines) is 1. The van der Waals surface area contributed by atoms with Gasteiger partial charge in [-0.2, -0.15) is 0 Å². The zero-order chi connectivity index (χ0) is 28.6. The van der Waals surface area contributed by atoms with Crippen molar-refractivity contribution in [3.63, 3.8) is 0 Å². The van der Waals surface area contributed by atoms with Gasteiger partial charge in [0.05, 0.1) is 5.52 Å². The third kappa shape index (κ3) is 7.02. The second-order valence-electron chi connectivity index (χ2n) is 11.4. The van der Waals surface area contributed by atoms with Crippen LogP contribution in [0.25, 0.3) is 10.9 Å². The van der Waals surface area contributed by atoms with E-state index >= 15 is 0 Å². The number of carbonyl (C=O) groups is 1. The first-order chi connectivity index (χ1) is 20.1. The van der Waals surface area contributed by atoms with E-state index in [-0.39, 0.29) is 11.8 Å². The minimum Gasteiger partial charge on any atom is -0.457 e. The highest BCUT2D eigenvalue weighted by Gasteiger charge is 2.24. The van der Waals surface area contributed by atoms with E-state index in [4.69, 9.17) is 4.74 Å². The van der Waals surface area contributed by atoms with Crippen LogP contribution in [0.3, 0.4) is 0 Å². The minimum atomic E-state index is -0.0844. The molecule has 0 aliphatic carbocycles. The number of para-hydroxylation sites is 2. The van der Waals surface area contributed by atoms with Gasteiger partial charge in [0.25, 0.3) is 0 Å². The summed E-state index contributed by atoms with van der Waals surface area (Å²) in [5.41, 5.74) is 4.91. The Balaban J connectivity index is 1.39. The van der Waals surface area contributed by atoms with Gasteiger partial charge in [-0.25, -0.2) is 0 Å². The van der Waals surface area contributed by atoms with Crippen molar-refractivity contribution >= 4 is 16.8 Å². The van der Waals surface area contributed by atoms with Crippen molar-refractivity contribution in [3.05, 3.63) is 95.7 Å². The summed E-state index contributed by atoms with van der Waals surface area (Å²) in [5, 5.41) is 4.48. The van der Waals surface area contributed by atoms with Crippen molar-refractivity contribution in [1.82, 2.24) is 14.8 Å². The Hall–Kier alpha value is -3.57. The van der Waals surface area contributed by atoms with E-state index in [2.05, 4.69) is 72.1 Å². The van der Waals surface area contributed by atoms with Gasteiger partial charge < -0.3 is 19.5 Å². The molecule has 1 fully saturated rings. The van der Waals surface area contributed by atoms with Crippen LogP contribution in [-0.2, 0) is 17.8 Å². The van der Waals surface area contributed by atoms with E-state index < -0.39 is 0 Å². The molecule has 1 aliphatic rings. The predicted molar refractivity (Wildman–Crippen MR) is 169 cm³/mol. The number of piperidine rings is 1. The van der Waals surface area contributed by atoms with E-state index in [1.54, 1.807) is 0 Å². The van der Waals surface area contributed by atoms with Crippen molar-refractivity contribution in [1.29, 1.82) is 0 Å². The summed E-state index contributed by atoms with van der Waals surface area (Å²) < 4.78 is 8.54. The molecule has 1 saturated heterocycles. The van der Waals surface area contributed by atoms with E-state index in [0.29, 0.717) is 19.0 Å². The lowest BCUT2D eigenvalue weighted by Gasteiger charge is -2.33. The molecule has 4 aromatic rings. The highest BCUT2D eigenvalue weighted by atomic mass is 16.5. The van der Waals surface area contributed by atoms with Gasteiger partial charge in [0.15, 0.2) is 0 Å². The van der Waals surface area contributed by atoms with Gasteiger partial charge in [0.1, 0.15) is 11.5 Å². The summed E-state index contributed by atoms with van der Waals surface area (Å²) >= 11 is 0. The second-order valence-corrected chi connectivity index (χ2v) is 11.4. The molecule has 5 rings (SSSR count). The zero-order valence-electron chi connectivity index (χ0n) is 24.9. The second kappa shape index (κ2) is 13.9. The fourth-order valence-corrected chi connectivity index (χ4v) is 6.36. The van der Waals surface area contributed by atoms with Crippen LogP contribution in [0, 0.1) is 0 Å².